The third-order valence-electron chi connectivity index (χ3n) is 3.81. The minimum Gasteiger partial charge on any atom is -0.345 e. The Balaban J connectivity index is 1.74. The number of likely N-dealkylation sites (tertiary alicyclic amines) is 1. The van der Waals surface area contributed by atoms with Crippen molar-refractivity contribution < 1.29 is 4.79 Å². The number of amides is 1. The second-order valence-corrected chi connectivity index (χ2v) is 5.21. The van der Waals surface area contributed by atoms with Gasteiger partial charge in [-0.05, 0) is 25.8 Å². The Morgan fingerprint density at radius 1 is 1.19 bits per heavy atom. The molecule has 0 N–H and O–H groups in total. The molecular weight excluding hydrogens is 202 g/mol. The summed E-state index contributed by atoms with van der Waals surface area (Å²) >= 11 is 0. The summed E-state index contributed by atoms with van der Waals surface area (Å²) in [6.07, 6.45) is 3.48. The molecule has 2 rings (SSSR count). The van der Waals surface area contributed by atoms with Crippen LogP contribution in [0.1, 0.15) is 12.8 Å². The molecule has 2 fully saturated rings. The van der Waals surface area contributed by atoms with E-state index >= 15 is 0 Å². The van der Waals surface area contributed by atoms with Crippen LogP contribution in [-0.2, 0) is 4.79 Å². The van der Waals surface area contributed by atoms with Crippen molar-refractivity contribution in [1.82, 2.24) is 14.7 Å². The van der Waals surface area contributed by atoms with Crippen LogP contribution in [-0.4, -0.2) is 74.0 Å². The lowest BCUT2D eigenvalue weighted by Crippen LogP contribution is -2.48. The number of likely N-dealkylation sites (N-methyl/N-ethyl adjacent to an activating group) is 1. The number of carbonyl (C=O) groups excluding carboxylic acids is 1. The fourth-order valence-electron chi connectivity index (χ4n) is 2.74. The smallest absolute Gasteiger partial charge is 0.209 e. The standard InChI is InChI=1S/C12H23N3O/c1-13-5-7-14(8-6-13)9-12-3-2-4-15(10-12)11-16/h11-12H,2-10H2,1H3. The highest BCUT2D eigenvalue weighted by Gasteiger charge is 2.22. The summed E-state index contributed by atoms with van der Waals surface area (Å²) in [5.74, 6) is 0.697. The first-order valence-corrected chi connectivity index (χ1v) is 6.38. The van der Waals surface area contributed by atoms with Gasteiger partial charge in [0.05, 0.1) is 0 Å². The average Bonchev–Trinajstić information content (AvgIpc) is 2.32. The van der Waals surface area contributed by atoms with Crippen molar-refractivity contribution in [3.63, 3.8) is 0 Å². The second-order valence-electron chi connectivity index (χ2n) is 5.21. The van der Waals surface area contributed by atoms with E-state index in [0.717, 1.165) is 19.5 Å². The molecule has 2 aliphatic rings. The van der Waals surface area contributed by atoms with Crippen LogP contribution in [0.5, 0.6) is 0 Å². The van der Waals surface area contributed by atoms with Crippen molar-refractivity contribution in [2.24, 2.45) is 5.92 Å². The molecule has 16 heavy (non-hydrogen) atoms. The number of rotatable bonds is 3. The van der Waals surface area contributed by atoms with Crippen LogP contribution >= 0.6 is 0 Å². The van der Waals surface area contributed by atoms with Gasteiger partial charge in [-0.3, -0.25) is 4.79 Å². The van der Waals surface area contributed by atoms with Crippen molar-refractivity contribution in [3.05, 3.63) is 0 Å². The van der Waals surface area contributed by atoms with Crippen molar-refractivity contribution in [2.45, 2.75) is 12.8 Å². The first kappa shape index (κ1) is 11.9. The topological polar surface area (TPSA) is 26.8 Å². The lowest BCUT2D eigenvalue weighted by molar-refractivity contribution is -0.119. The summed E-state index contributed by atoms with van der Waals surface area (Å²) in [6.45, 7) is 7.85. The number of piperazine rings is 1. The average molecular weight is 225 g/mol. The number of carbonyl (C=O) groups is 1. The minimum atomic E-state index is 0.697. The third-order valence-corrected chi connectivity index (χ3v) is 3.81. The Bertz CT molecular complexity index is 226. The normalized spacial score (nSPS) is 29.3. The largest absolute Gasteiger partial charge is 0.345 e. The summed E-state index contributed by atoms with van der Waals surface area (Å²) < 4.78 is 0. The van der Waals surface area contributed by atoms with E-state index in [-0.39, 0.29) is 0 Å². The zero-order valence-corrected chi connectivity index (χ0v) is 10.3. The molecule has 2 aliphatic heterocycles. The molecular formula is C12H23N3O. The van der Waals surface area contributed by atoms with E-state index in [9.17, 15) is 4.79 Å². The van der Waals surface area contributed by atoms with E-state index in [4.69, 9.17) is 0 Å². The molecule has 4 heteroatoms. The highest BCUT2D eigenvalue weighted by atomic mass is 16.1. The molecule has 0 aliphatic carbocycles. The van der Waals surface area contributed by atoms with Gasteiger partial charge in [-0.1, -0.05) is 0 Å². The van der Waals surface area contributed by atoms with Gasteiger partial charge < -0.3 is 14.7 Å². The molecule has 0 radical (unpaired) electrons. The lowest BCUT2D eigenvalue weighted by atomic mass is 9.97. The molecule has 1 amide bonds. The molecule has 2 saturated heterocycles. The number of nitrogens with zero attached hydrogens (tertiary/aromatic N) is 3. The zero-order valence-electron chi connectivity index (χ0n) is 10.3. The minimum absolute atomic E-state index is 0.697. The fourth-order valence-corrected chi connectivity index (χ4v) is 2.74. The van der Waals surface area contributed by atoms with Crippen LogP contribution in [0.25, 0.3) is 0 Å². The third kappa shape index (κ3) is 3.19. The molecule has 0 saturated carbocycles. The first-order valence-electron chi connectivity index (χ1n) is 6.38. The van der Waals surface area contributed by atoms with Crippen molar-refractivity contribution in [2.75, 3.05) is 52.9 Å². The molecule has 1 unspecified atom stereocenters. The summed E-state index contributed by atoms with van der Waals surface area (Å²) in [5, 5.41) is 0. The van der Waals surface area contributed by atoms with Crippen molar-refractivity contribution in [3.8, 4) is 0 Å². The van der Waals surface area contributed by atoms with E-state index in [1.165, 1.54) is 45.6 Å². The van der Waals surface area contributed by atoms with Gasteiger partial charge in [0, 0.05) is 45.8 Å². The number of hydrogen-bond acceptors (Lipinski definition) is 3. The maximum atomic E-state index is 10.7. The molecule has 0 aromatic carbocycles. The van der Waals surface area contributed by atoms with Gasteiger partial charge in [0.2, 0.25) is 6.41 Å². The van der Waals surface area contributed by atoms with E-state index in [0.29, 0.717) is 5.92 Å². The quantitative estimate of drug-likeness (QED) is 0.638. The van der Waals surface area contributed by atoms with E-state index < -0.39 is 0 Å². The second kappa shape index (κ2) is 5.64. The first-order chi connectivity index (χ1) is 7.78. The van der Waals surface area contributed by atoms with Crippen LogP contribution in [0.4, 0.5) is 0 Å². The Labute approximate surface area is 98.2 Å². The van der Waals surface area contributed by atoms with Crippen LogP contribution in [0, 0.1) is 5.92 Å². The fraction of sp³-hybridized carbons (Fsp3) is 0.917. The van der Waals surface area contributed by atoms with Crippen LogP contribution in [0.2, 0.25) is 0 Å². The number of piperidine rings is 1. The van der Waals surface area contributed by atoms with Crippen LogP contribution < -0.4 is 0 Å². The Hall–Kier alpha value is -0.610. The van der Waals surface area contributed by atoms with E-state index in [1.54, 1.807) is 0 Å². The van der Waals surface area contributed by atoms with Gasteiger partial charge in [0.25, 0.3) is 0 Å². The van der Waals surface area contributed by atoms with Gasteiger partial charge in [-0.25, -0.2) is 0 Å². The summed E-state index contributed by atoms with van der Waals surface area (Å²) in [5.41, 5.74) is 0. The predicted molar refractivity (Wildman–Crippen MR) is 64.3 cm³/mol. The highest BCUT2D eigenvalue weighted by Crippen LogP contribution is 2.17. The van der Waals surface area contributed by atoms with Gasteiger partial charge in [-0.15, -0.1) is 0 Å². The molecule has 4 nitrogen and oxygen atoms in total. The zero-order chi connectivity index (χ0) is 11.4. The lowest BCUT2D eigenvalue weighted by Gasteiger charge is -2.37. The number of hydrogen-bond donors (Lipinski definition) is 0. The molecule has 0 aromatic rings. The summed E-state index contributed by atoms with van der Waals surface area (Å²) in [7, 11) is 2.19. The summed E-state index contributed by atoms with van der Waals surface area (Å²) in [6, 6.07) is 0. The maximum absolute atomic E-state index is 10.7. The Morgan fingerprint density at radius 2 is 1.94 bits per heavy atom. The van der Waals surface area contributed by atoms with Gasteiger partial charge in [0.1, 0.15) is 0 Å². The van der Waals surface area contributed by atoms with Gasteiger partial charge in [-0.2, -0.15) is 0 Å². The predicted octanol–water partition coefficient (Wildman–Crippen LogP) is 0.102. The van der Waals surface area contributed by atoms with Crippen LogP contribution in [0.3, 0.4) is 0 Å². The monoisotopic (exact) mass is 225 g/mol. The molecule has 0 spiro atoms. The SMILES string of the molecule is CN1CCN(CC2CCCN(C=O)C2)CC1. The van der Waals surface area contributed by atoms with E-state index in [2.05, 4.69) is 16.8 Å². The van der Waals surface area contributed by atoms with Crippen molar-refractivity contribution in [1.29, 1.82) is 0 Å². The Morgan fingerprint density at radius 3 is 2.62 bits per heavy atom. The molecule has 0 aromatic heterocycles. The Kier molecular flexibility index (Phi) is 4.18. The molecule has 1 atom stereocenters. The van der Waals surface area contributed by atoms with Gasteiger partial charge in [0.15, 0.2) is 0 Å². The molecule has 0 bridgehead atoms. The van der Waals surface area contributed by atoms with Crippen LogP contribution in [0.15, 0.2) is 0 Å². The molecule has 2 heterocycles. The maximum Gasteiger partial charge on any atom is 0.209 e. The van der Waals surface area contributed by atoms with Gasteiger partial charge >= 0.3 is 0 Å². The van der Waals surface area contributed by atoms with E-state index in [1.807, 2.05) is 4.90 Å². The molecule has 92 valence electrons. The van der Waals surface area contributed by atoms with Crippen molar-refractivity contribution >= 4 is 6.41 Å². The highest BCUT2D eigenvalue weighted by molar-refractivity contribution is 5.47. The summed E-state index contributed by atoms with van der Waals surface area (Å²) in [4.78, 5) is 17.6.